The number of carbonyl (C=O) groups excluding carboxylic acids is 1. The first-order valence-electron chi connectivity index (χ1n) is 5.85. The Hall–Kier alpha value is -1.35. The summed E-state index contributed by atoms with van der Waals surface area (Å²) in [7, 11) is 1.66. The lowest BCUT2D eigenvalue weighted by atomic mass is 9.98. The summed E-state index contributed by atoms with van der Waals surface area (Å²) in [6.07, 6.45) is 1.44. The van der Waals surface area contributed by atoms with Gasteiger partial charge in [-0.05, 0) is 18.4 Å². The lowest BCUT2D eigenvalue weighted by Crippen LogP contribution is -2.34. The molecule has 2 fully saturated rings. The summed E-state index contributed by atoms with van der Waals surface area (Å²) in [5.41, 5.74) is -0.302. The van der Waals surface area contributed by atoms with Gasteiger partial charge in [-0.1, -0.05) is 37.3 Å². The van der Waals surface area contributed by atoms with Crippen LogP contribution in [0.25, 0.3) is 0 Å². The van der Waals surface area contributed by atoms with E-state index in [9.17, 15) is 9.90 Å². The van der Waals surface area contributed by atoms with E-state index < -0.39 is 17.0 Å². The molecule has 2 saturated carbocycles. The van der Waals surface area contributed by atoms with Gasteiger partial charge in [-0.25, -0.2) is 0 Å². The van der Waals surface area contributed by atoms with Crippen molar-refractivity contribution in [2.24, 2.45) is 10.8 Å². The van der Waals surface area contributed by atoms with Gasteiger partial charge in [0.15, 0.2) is 0 Å². The highest BCUT2D eigenvalue weighted by atomic mass is 16.5. The van der Waals surface area contributed by atoms with E-state index in [2.05, 4.69) is 0 Å². The Labute approximate surface area is 100 Å². The summed E-state index contributed by atoms with van der Waals surface area (Å²) < 4.78 is 5.67. The van der Waals surface area contributed by atoms with E-state index in [0.29, 0.717) is 6.42 Å². The normalized spacial score (nSPS) is 42.5. The smallest absolute Gasteiger partial charge is 0.100 e. The SMILES string of the molecule is CO[C@@]1(c2ccccc2)C[C@@]12C[C@]2(C)C(=O)[O-]. The standard InChI is InChI=1S/C14H16O3/c1-12(11(15)16)8-13(12)9-14(13,17-2)10-6-4-3-5-7-10/h3-7H,8-9H2,1-2H3,(H,15,16)/p-1/t12-,13-,14-/m1/s1. The van der Waals surface area contributed by atoms with Crippen LogP contribution < -0.4 is 5.11 Å². The van der Waals surface area contributed by atoms with E-state index in [0.717, 1.165) is 12.0 Å². The first-order valence-corrected chi connectivity index (χ1v) is 5.85. The van der Waals surface area contributed by atoms with E-state index in [-0.39, 0.29) is 5.41 Å². The second kappa shape index (κ2) is 2.91. The fourth-order valence-electron chi connectivity index (χ4n) is 3.52. The number of carbonyl (C=O) groups is 1. The van der Waals surface area contributed by atoms with Crippen molar-refractivity contribution >= 4 is 5.97 Å². The Balaban J connectivity index is 1.99. The molecule has 3 heteroatoms. The van der Waals surface area contributed by atoms with Crippen LogP contribution >= 0.6 is 0 Å². The van der Waals surface area contributed by atoms with E-state index in [4.69, 9.17) is 4.74 Å². The number of hydrogen-bond donors (Lipinski definition) is 0. The number of rotatable bonds is 3. The van der Waals surface area contributed by atoms with Gasteiger partial charge in [-0.2, -0.15) is 0 Å². The van der Waals surface area contributed by atoms with Gasteiger partial charge < -0.3 is 14.6 Å². The van der Waals surface area contributed by atoms with Gasteiger partial charge in [0.1, 0.15) is 5.60 Å². The lowest BCUT2D eigenvalue weighted by molar-refractivity contribution is -0.314. The predicted molar refractivity (Wildman–Crippen MR) is 59.9 cm³/mol. The largest absolute Gasteiger partial charge is 0.550 e. The Morgan fingerprint density at radius 2 is 1.94 bits per heavy atom. The molecule has 2 aliphatic carbocycles. The topological polar surface area (TPSA) is 49.4 Å². The Morgan fingerprint density at radius 1 is 1.29 bits per heavy atom. The summed E-state index contributed by atoms with van der Waals surface area (Å²) in [5.74, 6) is -0.952. The Bertz CT molecular complexity index is 484. The van der Waals surface area contributed by atoms with Gasteiger partial charge in [0.25, 0.3) is 0 Å². The molecule has 0 amide bonds. The van der Waals surface area contributed by atoms with Gasteiger partial charge in [-0.3, -0.25) is 0 Å². The lowest BCUT2D eigenvalue weighted by Gasteiger charge is -2.19. The van der Waals surface area contributed by atoms with Gasteiger partial charge in [0, 0.05) is 23.9 Å². The quantitative estimate of drug-likeness (QED) is 0.782. The van der Waals surface area contributed by atoms with Crippen molar-refractivity contribution in [3.05, 3.63) is 35.9 Å². The molecule has 17 heavy (non-hydrogen) atoms. The molecule has 1 spiro atoms. The van der Waals surface area contributed by atoms with Crippen LogP contribution in [0.3, 0.4) is 0 Å². The van der Waals surface area contributed by atoms with Crippen LogP contribution in [0.2, 0.25) is 0 Å². The van der Waals surface area contributed by atoms with Gasteiger partial charge in [-0.15, -0.1) is 0 Å². The summed E-state index contributed by atoms with van der Waals surface area (Å²) in [5, 5.41) is 11.2. The van der Waals surface area contributed by atoms with E-state index >= 15 is 0 Å². The molecule has 0 N–H and O–H groups in total. The minimum atomic E-state index is -0.952. The molecule has 0 saturated heterocycles. The van der Waals surface area contributed by atoms with Crippen LogP contribution in [0.15, 0.2) is 30.3 Å². The molecular formula is C14H15O3-. The summed E-state index contributed by atoms with van der Waals surface area (Å²) in [4.78, 5) is 11.2. The monoisotopic (exact) mass is 231 g/mol. The average molecular weight is 231 g/mol. The minimum Gasteiger partial charge on any atom is -0.550 e. The molecule has 0 unspecified atom stereocenters. The molecule has 90 valence electrons. The predicted octanol–water partition coefficient (Wildman–Crippen LogP) is 1.08. The first kappa shape index (κ1) is 10.8. The van der Waals surface area contributed by atoms with Crippen molar-refractivity contribution < 1.29 is 14.6 Å². The zero-order valence-corrected chi connectivity index (χ0v) is 10.0. The van der Waals surface area contributed by atoms with Crippen molar-refractivity contribution in [1.82, 2.24) is 0 Å². The molecule has 0 radical (unpaired) electrons. The third-order valence-electron chi connectivity index (χ3n) is 4.82. The van der Waals surface area contributed by atoms with E-state index in [1.165, 1.54) is 0 Å². The molecule has 0 bridgehead atoms. The molecular weight excluding hydrogens is 216 g/mol. The van der Waals surface area contributed by atoms with Crippen LogP contribution in [0.5, 0.6) is 0 Å². The summed E-state index contributed by atoms with van der Waals surface area (Å²) in [6.45, 7) is 1.77. The van der Waals surface area contributed by atoms with Crippen molar-refractivity contribution in [2.75, 3.05) is 7.11 Å². The fourth-order valence-corrected chi connectivity index (χ4v) is 3.52. The van der Waals surface area contributed by atoms with Crippen LogP contribution in [0.1, 0.15) is 25.3 Å². The number of ether oxygens (including phenoxy) is 1. The molecule has 0 aromatic heterocycles. The second-order valence-corrected chi connectivity index (χ2v) is 5.45. The Kier molecular flexibility index (Phi) is 1.84. The molecule has 1 aromatic carbocycles. The van der Waals surface area contributed by atoms with E-state index in [1.54, 1.807) is 14.0 Å². The zero-order valence-electron chi connectivity index (χ0n) is 10.0. The van der Waals surface area contributed by atoms with Crippen molar-refractivity contribution in [1.29, 1.82) is 0 Å². The summed E-state index contributed by atoms with van der Waals surface area (Å²) >= 11 is 0. The number of methoxy groups -OCH3 is 1. The van der Waals surface area contributed by atoms with Crippen molar-refractivity contribution in [2.45, 2.75) is 25.4 Å². The second-order valence-electron chi connectivity index (χ2n) is 5.45. The van der Waals surface area contributed by atoms with Crippen molar-refractivity contribution in [3.63, 3.8) is 0 Å². The van der Waals surface area contributed by atoms with Crippen LogP contribution in [-0.4, -0.2) is 13.1 Å². The molecule has 3 rings (SSSR count). The molecule has 2 aliphatic rings. The maximum Gasteiger partial charge on any atom is 0.100 e. The fraction of sp³-hybridized carbons (Fsp3) is 0.500. The minimum absolute atomic E-state index is 0.241. The van der Waals surface area contributed by atoms with Crippen molar-refractivity contribution in [3.8, 4) is 0 Å². The number of carboxylic acids is 1. The summed E-state index contributed by atoms with van der Waals surface area (Å²) in [6, 6.07) is 9.88. The number of hydrogen-bond acceptors (Lipinski definition) is 3. The molecule has 1 aromatic rings. The van der Waals surface area contributed by atoms with Crippen LogP contribution in [0.4, 0.5) is 0 Å². The van der Waals surface area contributed by atoms with Gasteiger partial charge in [0.05, 0.1) is 0 Å². The maximum atomic E-state index is 11.2. The maximum absolute atomic E-state index is 11.2. The molecule has 3 atom stereocenters. The first-order chi connectivity index (χ1) is 8.02. The zero-order chi connectivity index (χ0) is 12.3. The van der Waals surface area contributed by atoms with Crippen LogP contribution in [0, 0.1) is 10.8 Å². The third-order valence-corrected chi connectivity index (χ3v) is 4.82. The number of carboxylic acid groups (broad SMARTS) is 1. The highest BCUT2D eigenvalue weighted by Crippen LogP contribution is 2.87. The van der Waals surface area contributed by atoms with E-state index in [1.807, 2.05) is 30.3 Å². The molecule has 0 aliphatic heterocycles. The highest BCUT2D eigenvalue weighted by Gasteiger charge is 2.87. The van der Waals surface area contributed by atoms with Gasteiger partial charge in [0.2, 0.25) is 0 Å². The molecule has 0 heterocycles. The highest BCUT2D eigenvalue weighted by molar-refractivity contribution is 5.80. The number of benzene rings is 1. The average Bonchev–Trinajstić information content (AvgIpc) is 3.18. The Morgan fingerprint density at radius 3 is 2.41 bits per heavy atom. The van der Waals surface area contributed by atoms with Crippen LogP contribution in [-0.2, 0) is 15.1 Å². The third kappa shape index (κ3) is 1.03. The number of aliphatic carboxylic acids is 1. The molecule has 3 nitrogen and oxygen atoms in total. The van der Waals surface area contributed by atoms with Gasteiger partial charge >= 0.3 is 0 Å².